The molecule has 0 aromatic heterocycles. The summed E-state index contributed by atoms with van der Waals surface area (Å²) in [5.41, 5.74) is 1.16. The van der Waals surface area contributed by atoms with Gasteiger partial charge in [0.05, 0.1) is 0 Å². The summed E-state index contributed by atoms with van der Waals surface area (Å²) in [6, 6.07) is 6.51. The Labute approximate surface area is 274 Å². The minimum Gasteiger partial charge on any atom is -0.406 e. The van der Waals surface area contributed by atoms with Crippen molar-refractivity contribution in [1.82, 2.24) is 0 Å². The van der Waals surface area contributed by atoms with Crippen molar-refractivity contribution in [2.75, 3.05) is 0 Å². The lowest BCUT2D eigenvalue weighted by Crippen LogP contribution is -2.25. The lowest BCUT2D eigenvalue weighted by atomic mass is 9.68. The van der Waals surface area contributed by atoms with Crippen LogP contribution in [0.25, 0.3) is 0 Å². The van der Waals surface area contributed by atoms with Gasteiger partial charge in [-0.1, -0.05) is 96.3 Å². The molecule has 0 heterocycles. The van der Waals surface area contributed by atoms with Gasteiger partial charge >= 0.3 is 6.36 Å². The lowest BCUT2D eigenvalue weighted by Gasteiger charge is -2.38. The molecule has 4 saturated carbocycles. The first-order valence-electron chi connectivity index (χ1n) is 19.3. The van der Waals surface area contributed by atoms with Crippen molar-refractivity contribution in [3.63, 3.8) is 0 Å². The number of rotatable bonds is 11. The van der Waals surface area contributed by atoms with Gasteiger partial charge in [0.15, 0.2) is 0 Å². The van der Waals surface area contributed by atoms with Crippen molar-refractivity contribution >= 4 is 0 Å². The van der Waals surface area contributed by atoms with Crippen molar-refractivity contribution in [2.45, 2.75) is 167 Å². The van der Waals surface area contributed by atoms with Crippen LogP contribution in [-0.4, -0.2) is 6.36 Å². The van der Waals surface area contributed by atoms with E-state index in [4.69, 9.17) is 0 Å². The van der Waals surface area contributed by atoms with Crippen LogP contribution in [0, 0.1) is 41.4 Å². The number of alkyl halides is 3. The average Bonchev–Trinajstić information content (AvgIpc) is 3.06. The molecular formula is C41H65F3O. The molecule has 4 aliphatic rings. The summed E-state index contributed by atoms with van der Waals surface area (Å²) in [5, 5.41) is 0. The third kappa shape index (κ3) is 12.3. The van der Waals surface area contributed by atoms with Crippen LogP contribution in [-0.2, 0) is 0 Å². The molecule has 5 rings (SSSR count). The quantitative estimate of drug-likeness (QED) is 0.175. The summed E-state index contributed by atoms with van der Waals surface area (Å²) in [6.45, 7) is 8.57. The number of hydrogen-bond donors (Lipinski definition) is 0. The lowest BCUT2D eigenvalue weighted by molar-refractivity contribution is -0.274. The van der Waals surface area contributed by atoms with Crippen LogP contribution in [0.4, 0.5) is 13.2 Å². The maximum atomic E-state index is 12.3. The molecule has 45 heavy (non-hydrogen) atoms. The Morgan fingerprint density at radius 3 is 1.53 bits per heavy atom. The van der Waals surface area contributed by atoms with Gasteiger partial charge in [-0.15, -0.1) is 19.8 Å². The van der Waals surface area contributed by atoms with E-state index in [1.165, 1.54) is 141 Å². The van der Waals surface area contributed by atoms with Crippen LogP contribution in [0.3, 0.4) is 0 Å². The Hall–Kier alpha value is -1.45. The fraction of sp³-hybridized carbons (Fsp3) is 0.805. The Morgan fingerprint density at radius 1 is 0.622 bits per heavy atom. The van der Waals surface area contributed by atoms with E-state index in [0.29, 0.717) is 5.92 Å². The van der Waals surface area contributed by atoms with E-state index in [1.807, 2.05) is 12.1 Å². The smallest absolute Gasteiger partial charge is 0.406 e. The zero-order valence-electron chi connectivity index (χ0n) is 28.8. The molecule has 0 bridgehead atoms. The number of hydrogen-bond acceptors (Lipinski definition) is 1. The molecule has 1 aromatic rings. The molecule has 0 saturated heterocycles. The predicted octanol–water partition coefficient (Wildman–Crippen LogP) is 13.8. The minimum atomic E-state index is -4.62. The topological polar surface area (TPSA) is 9.23 Å². The van der Waals surface area contributed by atoms with Gasteiger partial charge in [-0.25, -0.2) is 0 Å². The van der Waals surface area contributed by atoms with Crippen molar-refractivity contribution in [2.24, 2.45) is 41.4 Å². The van der Waals surface area contributed by atoms with E-state index in [0.717, 1.165) is 47.0 Å². The number of halogens is 3. The molecule has 0 radical (unpaired) electrons. The van der Waals surface area contributed by atoms with Gasteiger partial charge in [0.1, 0.15) is 5.75 Å². The molecular weight excluding hydrogens is 565 g/mol. The van der Waals surface area contributed by atoms with E-state index in [-0.39, 0.29) is 5.75 Å². The first-order chi connectivity index (χ1) is 21.8. The number of unbranched alkanes of at least 4 members (excludes halogenated alkanes) is 2. The zero-order chi connectivity index (χ0) is 32.1. The summed E-state index contributed by atoms with van der Waals surface area (Å²) in [4.78, 5) is 0. The number of allylic oxidation sites excluding steroid dienone is 1. The van der Waals surface area contributed by atoms with Gasteiger partial charge < -0.3 is 4.74 Å². The number of benzene rings is 1. The molecule has 0 N–H and O–H groups in total. The second-order valence-corrected chi connectivity index (χ2v) is 15.5. The first kappa shape index (κ1) is 36.4. The molecule has 0 spiro atoms. The molecule has 0 amide bonds. The fourth-order valence-electron chi connectivity index (χ4n) is 9.71. The van der Waals surface area contributed by atoms with Gasteiger partial charge in [0.2, 0.25) is 0 Å². The third-order valence-corrected chi connectivity index (χ3v) is 12.5. The highest BCUT2D eigenvalue weighted by Gasteiger charge is 2.33. The van der Waals surface area contributed by atoms with E-state index < -0.39 is 6.36 Å². The van der Waals surface area contributed by atoms with E-state index in [2.05, 4.69) is 31.2 Å². The highest BCUT2D eigenvalue weighted by Crippen LogP contribution is 2.45. The van der Waals surface area contributed by atoms with Crippen LogP contribution >= 0.6 is 0 Å². The maximum absolute atomic E-state index is 12.3. The summed E-state index contributed by atoms with van der Waals surface area (Å²) in [7, 11) is 0. The summed E-state index contributed by atoms with van der Waals surface area (Å²) >= 11 is 0. The van der Waals surface area contributed by atoms with Gasteiger partial charge in [0, 0.05) is 0 Å². The standard InChI is InChI=1S/C22H31F3O.C19H34/c1-2-3-16-4-6-17(7-5-16)18-8-10-19(11-9-18)20-12-14-21(15-13-20)26-22(23,24)25;1-3-5-6-7-17-10-14-19(15-11-17)18-12-8-16(4-2)9-13-18/h12-19H,2-11H2,1H3;4,16-19H,2-3,5-15H2,1H3. The van der Waals surface area contributed by atoms with Gasteiger partial charge in [-0.2, -0.15) is 0 Å². The van der Waals surface area contributed by atoms with Gasteiger partial charge in [0.25, 0.3) is 0 Å². The third-order valence-electron chi connectivity index (χ3n) is 12.5. The van der Waals surface area contributed by atoms with Gasteiger partial charge in [-0.3, -0.25) is 0 Å². The number of ether oxygens (including phenoxy) is 1. The molecule has 4 fully saturated rings. The van der Waals surface area contributed by atoms with Crippen LogP contribution in [0.15, 0.2) is 36.9 Å². The van der Waals surface area contributed by atoms with Crippen LogP contribution in [0.5, 0.6) is 5.75 Å². The second-order valence-electron chi connectivity index (χ2n) is 15.5. The van der Waals surface area contributed by atoms with Crippen LogP contribution in [0.2, 0.25) is 0 Å². The van der Waals surface area contributed by atoms with Gasteiger partial charge in [-0.05, 0) is 142 Å². The Kier molecular flexibility index (Phi) is 15.2. The van der Waals surface area contributed by atoms with Crippen molar-refractivity contribution in [1.29, 1.82) is 0 Å². The van der Waals surface area contributed by atoms with E-state index in [9.17, 15) is 13.2 Å². The summed E-state index contributed by atoms with van der Waals surface area (Å²) in [6.07, 6.45) is 28.6. The van der Waals surface area contributed by atoms with Crippen LogP contribution in [0.1, 0.15) is 167 Å². The summed E-state index contributed by atoms with van der Waals surface area (Å²) in [5.74, 6) is 7.15. The predicted molar refractivity (Wildman–Crippen MR) is 183 cm³/mol. The first-order valence-corrected chi connectivity index (χ1v) is 19.3. The van der Waals surface area contributed by atoms with E-state index in [1.54, 1.807) is 12.8 Å². The normalized spacial score (nSPS) is 32.6. The highest BCUT2D eigenvalue weighted by molar-refractivity contribution is 5.30. The Balaban J connectivity index is 0.000000215. The average molecular weight is 631 g/mol. The van der Waals surface area contributed by atoms with Crippen molar-refractivity contribution in [3.05, 3.63) is 42.5 Å². The van der Waals surface area contributed by atoms with Crippen LogP contribution < -0.4 is 4.74 Å². The monoisotopic (exact) mass is 630 g/mol. The molecule has 256 valence electrons. The molecule has 1 aromatic carbocycles. The highest BCUT2D eigenvalue weighted by atomic mass is 19.4. The van der Waals surface area contributed by atoms with E-state index >= 15 is 0 Å². The molecule has 1 nitrogen and oxygen atoms in total. The molecule has 0 atom stereocenters. The summed E-state index contributed by atoms with van der Waals surface area (Å²) < 4.78 is 40.8. The second kappa shape index (κ2) is 18.8. The van der Waals surface area contributed by atoms with Crippen molar-refractivity contribution < 1.29 is 17.9 Å². The molecule has 0 aliphatic heterocycles. The SMILES string of the molecule is C=CC1CCC(C2CCC(CCCCC)CC2)CC1.CCCC1CCC(C2CCC(c3ccc(OC(F)(F)F)cc3)CC2)CC1. The minimum absolute atomic E-state index is 0.126. The Bertz CT molecular complexity index is 922. The largest absolute Gasteiger partial charge is 0.573 e. The molecule has 4 aliphatic carbocycles. The fourth-order valence-corrected chi connectivity index (χ4v) is 9.71. The zero-order valence-corrected chi connectivity index (χ0v) is 28.8. The van der Waals surface area contributed by atoms with Crippen molar-refractivity contribution in [3.8, 4) is 5.75 Å². The maximum Gasteiger partial charge on any atom is 0.573 e. The molecule has 0 unspecified atom stereocenters. The molecule has 4 heteroatoms. The Morgan fingerprint density at radius 2 is 1.09 bits per heavy atom.